The van der Waals surface area contributed by atoms with Crippen molar-refractivity contribution < 1.29 is 19.1 Å². The summed E-state index contributed by atoms with van der Waals surface area (Å²) in [6.45, 7) is 3.50. The van der Waals surface area contributed by atoms with Crippen molar-refractivity contribution in [3.05, 3.63) is 54.1 Å². The number of urea groups is 1. The number of carbonyl (C=O) groups excluding carboxylic acids is 2. The molecule has 0 aromatic heterocycles. The fourth-order valence-corrected chi connectivity index (χ4v) is 3.29. The summed E-state index contributed by atoms with van der Waals surface area (Å²) in [7, 11) is 1.63. The van der Waals surface area contributed by atoms with Crippen LogP contribution in [-0.4, -0.2) is 44.8 Å². The van der Waals surface area contributed by atoms with E-state index >= 15 is 0 Å². The molecular formula is C22H27N3O4. The molecule has 1 unspecified atom stereocenters. The Balaban J connectivity index is 1.44. The van der Waals surface area contributed by atoms with Crippen molar-refractivity contribution in [1.82, 2.24) is 10.6 Å². The van der Waals surface area contributed by atoms with Crippen LogP contribution in [-0.2, 0) is 11.2 Å². The second kappa shape index (κ2) is 9.82. The predicted octanol–water partition coefficient (Wildman–Crippen LogP) is 2.74. The molecule has 1 atom stereocenters. The van der Waals surface area contributed by atoms with Gasteiger partial charge in [-0.3, -0.25) is 4.79 Å². The molecule has 2 aromatic carbocycles. The summed E-state index contributed by atoms with van der Waals surface area (Å²) < 4.78 is 10.6. The molecule has 0 radical (unpaired) electrons. The summed E-state index contributed by atoms with van der Waals surface area (Å²) in [4.78, 5) is 26.2. The third kappa shape index (κ3) is 5.63. The molecular weight excluding hydrogens is 370 g/mol. The molecule has 2 aromatic rings. The smallest absolute Gasteiger partial charge is 0.315 e. The van der Waals surface area contributed by atoms with Crippen LogP contribution >= 0.6 is 0 Å². The number of rotatable bonds is 8. The molecule has 154 valence electrons. The summed E-state index contributed by atoms with van der Waals surface area (Å²) in [6, 6.07) is 14.7. The standard InChI is InChI=1S/C22H27N3O4/c1-3-29-20-10-6-18(7-11-20)25-15-17(14-21(25)26)24-22(27)23-13-12-16-4-8-19(28-2)9-5-16/h4-11,17H,3,12-15H2,1-2H3,(H2,23,24,27). The normalized spacial score (nSPS) is 15.9. The van der Waals surface area contributed by atoms with Crippen molar-refractivity contribution in [2.45, 2.75) is 25.8 Å². The molecule has 0 spiro atoms. The molecule has 7 nitrogen and oxygen atoms in total. The number of hydrogen-bond donors (Lipinski definition) is 2. The van der Waals surface area contributed by atoms with Gasteiger partial charge in [0.05, 0.1) is 19.8 Å². The van der Waals surface area contributed by atoms with Gasteiger partial charge in [0.1, 0.15) is 11.5 Å². The van der Waals surface area contributed by atoms with Crippen LogP contribution in [0.4, 0.5) is 10.5 Å². The molecule has 1 heterocycles. The highest BCUT2D eigenvalue weighted by Crippen LogP contribution is 2.24. The maximum Gasteiger partial charge on any atom is 0.315 e. The summed E-state index contributed by atoms with van der Waals surface area (Å²) in [5.74, 6) is 1.58. The van der Waals surface area contributed by atoms with Gasteiger partial charge in [-0.1, -0.05) is 12.1 Å². The summed E-state index contributed by atoms with van der Waals surface area (Å²) in [5, 5.41) is 5.74. The van der Waals surface area contributed by atoms with Crippen LogP contribution in [0.3, 0.4) is 0 Å². The average Bonchev–Trinajstić information content (AvgIpc) is 3.09. The Morgan fingerprint density at radius 1 is 1.10 bits per heavy atom. The Morgan fingerprint density at radius 2 is 1.79 bits per heavy atom. The molecule has 0 saturated carbocycles. The van der Waals surface area contributed by atoms with E-state index in [0.717, 1.165) is 29.2 Å². The Morgan fingerprint density at radius 3 is 2.45 bits per heavy atom. The Hall–Kier alpha value is -3.22. The maximum absolute atomic E-state index is 12.3. The molecule has 0 aliphatic carbocycles. The van der Waals surface area contributed by atoms with Crippen LogP contribution in [0.15, 0.2) is 48.5 Å². The summed E-state index contributed by atoms with van der Waals surface area (Å²) in [6.07, 6.45) is 1.01. The van der Waals surface area contributed by atoms with Gasteiger partial charge in [-0.25, -0.2) is 4.79 Å². The van der Waals surface area contributed by atoms with Gasteiger partial charge in [0.2, 0.25) is 5.91 Å². The van der Waals surface area contributed by atoms with Gasteiger partial charge < -0.3 is 25.0 Å². The van der Waals surface area contributed by atoms with Crippen molar-refractivity contribution in [2.75, 3.05) is 31.7 Å². The predicted molar refractivity (Wildman–Crippen MR) is 112 cm³/mol. The Bertz CT molecular complexity index is 821. The lowest BCUT2D eigenvalue weighted by atomic mass is 10.1. The van der Waals surface area contributed by atoms with Crippen LogP contribution in [0.2, 0.25) is 0 Å². The Labute approximate surface area is 171 Å². The lowest BCUT2D eigenvalue weighted by Gasteiger charge is -2.18. The minimum Gasteiger partial charge on any atom is -0.497 e. The van der Waals surface area contributed by atoms with Crippen molar-refractivity contribution >= 4 is 17.6 Å². The average molecular weight is 397 g/mol. The zero-order chi connectivity index (χ0) is 20.6. The van der Waals surface area contributed by atoms with Gasteiger partial charge >= 0.3 is 6.03 Å². The molecule has 29 heavy (non-hydrogen) atoms. The number of methoxy groups -OCH3 is 1. The van der Waals surface area contributed by atoms with Crippen LogP contribution in [0.25, 0.3) is 0 Å². The van der Waals surface area contributed by atoms with E-state index in [-0.39, 0.29) is 18.0 Å². The van der Waals surface area contributed by atoms with Gasteiger partial charge in [0, 0.05) is 25.2 Å². The lowest BCUT2D eigenvalue weighted by molar-refractivity contribution is -0.117. The first-order valence-electron chi connectivity index (χ1n) is 9.79. The molecule has 1 fully saturated rings. The summed E-state index contributed by atoms with van der Waals surface area (Å²) >= 11 is 0. The van der Waals surface area contributed by atoms with Gasteiger partial charge in [-0.05, 0) is 55.3 Å². The summed E-state index contributed by atoms with van der Waals surface area (Å²) in [5.41, 5.74) is 1.92. The SMILES string of the molecule is CCOc1ccc(N2CC(NC(=O)NCCc3ccc(OC)cc3)CC2=O)cc1. The number of nitrogens with one attached hydrogen (secondary N) is 2. The first kappa shape index (κ1) is 20.5. The molecule has 0 bridgehead atoms. The van der Waals surface area contributed by atoms with Crippen molar-refractivity contribution in [3.63, 3.8) is 0 Å². The molecule has 3 rings (SSSR count). The topological polar surface area (TPSA) is 79.9 Å². The first-order chi connectivity index (χ1) is 14.1. The van der Waals surface area contributed by atoms with Crippen LogP contribution in [0.1, 0.15) is 18.9 Å². The van der Waals surface area contributed by atoms with E-state index in [1.54, 1.807) is 12.0 Å². The first-order valence-corrected chi connectivity index (χ1v) is 9.79. The third-order valence-corrected chi connectivity index (χ3v) is 4.78. The maximum atomic E-state index is 12.3. The van der Waals surface area contributed by atoms with Crippen molar-refractivity contribution in [1.29, 1.82) is 0 Å². The molecule has 1 aliphatic heterocycles. The largest absolute Gasteiger partial charge is 0.497 e. The quantitative estimate of drug-likeness (QED) is 0.718. The van der Waals surface area contributed by atoms with E-state index in [2.05, 4.69) is 10.6 Å². The number of nitrogens with zero attached hydrogens (tertiary/aromatic N) is 1. The van der Waals surface area contributed by atoms with E-state index in [0.29, 0.717) is 26.1 Å². The minimum absolute atomic E-state index is 0.00214. The van der Waals surface area contributed by atoms with Gasteiger partial charge in [-0.2, -0.15) is 0 Å². The van der Waals surface area contributed by atoms with Crippen molar-refractivity contribution in [2.24, 2.45) is 0 Å². The van der Waals surface area contributed by atoms with E-state index < -0.39 is 0 Å². The number of ether oxygens (including phenoxy) is 2. The van der Waals surface area contributed by atoms with Gasteiger partial charge in [-0.15, -0.1) is 0 Å². The Kier molecular flexibility index (Phi) is 6.94. The lowest BCUT2D eigenvalue weighted by Crippen LogP contribution is -2.43. The van der Waals surface area contributed by atoms with Crippen molar-refractivity contribution in [3.8, 4) is 11.5 Å². The molecule has 3 amide bonds. The van der Waals surface area contributed by atoms with E-state index in [4.69, 9.17) is 9.47 Å². The molecule has 1 saturated heterocycles. The third-order valence-electron chi connectivity index (χ3n) is 4.78. The van der Waals surface area contributed by atoms with Crippen LogP contribution in [0, 0.1) is 0 Å². The number of benzene rings is 2. The highest BCUT2D eigenvalue weighted by atomic mass is 16.5. The fraction of sp³-hybridized carbons (Fsp3) is 0.364. The zero-order valence-electron chi connectivity index (χ0n) is 16.8. The van der Waals surface area contributed by atoms with Gasteiger partial charge in [0.15, 0.2) is 0 Å². The highest BCUT2D eigenvalue weighted by Gasteiger charge is 2.31. The monoisotopic (exact) mass is 397 g/mol. The van der Waals surface area contributed by atoms with E-state index in [1.807, 2.05) is 55.5 Å². The second-order valence-electron chi connectivity index (χ2n) is 6.83. The van der Waals surface area contributed by atoms with Gasteiger partial charge in [0.25, 0.3) is 0 Å². The fourth-order valence-electron chi connectivity index (χ4n) is 3.29. The number of carbonyl (C=O) groups is 2. The molecule has 2 N–H and O–H groups in total. The second-order valence-corrected chi connectivity index (χ2v) is 6.83. The highest BCUT2D eigenvalue weighted by molar-refractivity contribution is 5.96. The number of anilines is 1. The van der Waals surface area contributed by atoms with E-state index in [1.165, 1.54) is 0 Å². The minimum atomic E-state index is -0.259. The van der Waals surface area contributed by atoms with Crippen LogP contribution < -0.4 is 25.0 Å². The molecule has 7 heteroatoms. The molecule has 1 aliphatic rings. The van der Waals surface area contributed by atoms with E-state index in [9.17, 15) is 9.59 Å². The van der Waals surface area contributed by atoms with Crippen LogP contribution in [0.5, 0.6) is 11.5 Å². The zero-order valence-corrected chi connectivity index (χ0v) is 16.8. The number of hydrogen-bond acceptors (Lipinski definition) is 4. The number of amides is 3.